The highest BCUT2D eigenvalue weighted by Gasteiger charge is 2.29. The summed E-state index contributed by atoms with van der Waals surface area (Å²) in [7, 11) is 0. The topological polar surface area (TPSA) is 78.9 Å². The summed E-state index contributed by atoms with van der Waals surface area (Å²) >= 11 is 0. The van der Waals surface area contributed by atoms with E-state index in [-0.39, 0.29) is 30.4 Å². The smallest absolute Gasteiger partial charge is 0.387 e. The van der Waals surface area contributed by atoms with E-state index < -0.39 is 24.5 Å². The van der Waals surface area contributed by atoms with Gasteiger partial charge in [-0.15, -0.1) is 12.4 Å². The standard InChI is InChI=1S/C15H18F2N2O4.ClH/c16-15(17)23-12-7-2-1-5-10(12)18-13(20)9-19-8-4-3-6-11(19)14(21)22;/h1-2,5,7,11,15H,3-4,6,8-9H2,(H,18,20)(H,21,22);1H. The number of rotatable bonds is 6. The summed E-state index contributed by atoms with van der Waals surface area (Å²) in [5, 5.41) is 11.7. The van der Waals surface area contributed by atoms with E-state index in [0.29, 0.717) is 13.0 Å². The summed E-state index contributed by atoms with van der Waals surface area (Å²) in [6, 6.07) is 5.17. The van der Waals surface area contributed by atoms with Crippen LogP contribution in [0.25, 0.3) is 0 Å². The van der Waals surface area contributed by atoms with Crippen LogP contribution in [-0.2, 0) is 9.59 Å². The van der Waals surface area contributed by atoms with E-state index in [4.69, 9.17) is 0 Å². The molecule has 1 aliphatic heterocycles. The molecule has 0 spiro atoms. The first-order valence-electron chi connectivity index (χ1n) is 7.28. The number of alkyl halides is 2. The Bertz CT molecular complexity index is 574. The predicted octanol–water partition coefficient (Wildman–Crippen LogP) is 2.59. The van der Waals surface area contributed by atoms with Gasteiger partial charge in [-0.05, 0) is 31.5 Å². The van der Waals surface area contributed by atoms with Gasteiger partial charge in [-0.3, -0.25) is 14.5 Å². The lowest BCUT2D eigenvalue weighted by molar-refractivity contribution is -0.145. The van der Waals surface area contributed by atoms with Gasteiger partial charge in [-0.2, -0.15) is 8.78 Å². The molecule has 9 heteroatoms. The number of hydrogen-bond donors (Lipinski definition) is 2. The van der Waals surface area contributed by atoms with Crippen LogP contribution in [0, 0.1) is 0 Å². The van der Waals surface area contributed by atoms with Crippen LogP contribution < -0.4 is 10.1 Å². The Balaban J connectivity index is 0.00000288. The van der Waals surface area contributed by atoms with Gasteiger partial charge in [0.15, 0.2) is 0 Å². The van der Waals surface area contributed by atoms with Crippen molar-refractivity contribution < 1.29 is 28.2 Å². The van der Waals surface area contributed by atoms with E-state index in [1.54, 1.807) is 11.0 Å². The van der Waals surface area contributed by atoms with Crippen LogP contribution >= 0.6 is 12.4 Å². The molecule has 24 heavy (non-hydrogen) atoms. The van der Waals surface area contributed by atoms with Crippen LogP contribution in [-0.4, -0.2) is 47.6 Å². The van der Waals surface area contributed by atoms with Crippen LogP contribution in [0.15, 0.2) is 24.3 Å². The minimum atomic E-state index is -2.99. The first kappa shape index (κ1) is 20.1. The second-order valence-corrected chi connectivity index (χ2v) is 5.24. The van der Waals surface area contributed by atoms with Crippen molar-refractivity contribution in [1.82, 2.24) is 4.90 Å². The van der Waals surface area contributed by atoms with E-state index in [9.17, 15) is 23.5 Å². The van der Waals surface area contributed by atoms with Gasteiger partial charge >= 0.3 is 12.6 Å². The van der Waals surface area contributed by atoms with E-state index in [1.807, 2.05) is 0 Å². The van der Waals surface area contributed by atoms with Crippen molar-refractivity contribution in [1.29, 1.82) is 0 Å². The fraction of sp³-hybridized carbons (Fsp3) is 0.467. The third kappa shape index (κ3) is 5.61. The highest BCUT2D eigenvalue weighted by molar-refractivity contribution is 5.94. The van der Waals surface area contributed by atoms with E-state index >= 15 is 0 Å². The van der Waals surface area contributed by atoms with Gasteiger partial charge in [0.05, 0.1) is 12.2 Å². The number of carbonyl (C=O) groups is 2. The van der Waals surface area contributed by atoms with Crippen LogP contribution in [0.2, 0.25) is 0 Å². The van der Waals surface area contributed by atoms with E-state index in [1.165, 1.54) is 18.2 Å². The average molecular weight is 365 g/mol. The molecule has 1 amide bonds. The zero-order chi connectivity index (χ0) is 16.8. The summed E-state index contributed by atoms with van der Waals surface area (Å²) in [6.07, 6.45) is 2.12. The molecule has 0 saturated carbocycles. The van der Waals surface area contributed by atoms with Crippen molar-refractivity contribution in [2.24, 2.45) is 0 Å². The Morgan fingerprint density at radius 3 is 2.71 bits per heavy atom. The molecule has 2 N–H and O–H groups in total. The fourth-order valence-electron chi connectivity index (χ4n) is 2.60. The van der Waals surface area contributed by atoms with Crippen molar-refractivity contribution in [3.05, 3.63) is 24.3 Å². The zero-order valence-corrected chi connectivity index (χ0v) is 13.6. The number of carbonyl (C=O) groups excluding carboxylic acids is 1. The molecule has 0 aliphatic carbocycles. The van der Waals surface area contributed by atoms with Crippen molar-refractivity contribution in [3.63, 3.8) is 0 Å². The Labute approximate surface area is 144 Å². The van der Waals surface area contributed by atoms with E-state index in [0.717, 1.165) is 12.8 Å². The number of hydrogen-bond acceptors (Lipinski definition) is 4. The molecule has 1 saturated heterocycles. The van der Waals surface area contributed by atoms with Gasteiger partial charge in [0.2, 0.25) is 5.91 Å². The zero-order valence-electron chi connectivity index (χ0n) is 12.8. The quantitative estimate of drug-likeness (QED) is 0.811. The predicted molar refractivity (Wildman–Crippen MR) is 85.8 cm³/mol. The molecule has 0 bridgehead atoms. The number of ether oxygens (including phenoxy) is 1. The number of amides is 1. The van der Waals surface area contributed by atoms with Crippen LogP contribution in [0.4, 0.5) is 14.5 Å². The van der Waals surface area contributed by atoms with E-state index in [2.05, 4.69) is 10.1 Å². The number of piperidine rings is 1. The maximum absolute atomic E-state index is 12.3. The molecule has 1 aliphatic rings. The highest BCUT2D eigenvalue weighted by atomic mass is 35.5. The van der Waals surface area contributed by atoms with Gasteiger partial charge in [0.1, 0.15) is 11.8 Å². The van der Waals surface area contributed by atoms with Gasteiger partial charge in [-0.25, -0.2) is 0 Å². The molecule has 1 heterocycles. The maximum atomic E-state index is 12.3. The van der Waals surface area contributed by atoms with Gasteiger partial charge in [0, 0.05) is 0 Å². The summed E-state index contributed by atoms with van der Waals surface area (Å²) in [5.41, 5.74) is 0.127. The molecule has 1 fully saturated rings. The van der Waals surface area contributed by atoms with Gasteiger partial charge < -0.3 is 15.2 Å². The van der Waals surface area contributed by atoms with Crippen molar-refractivity contribution in [2.45, 2.75) is 31.9 Å². The minimum absolute atomic E-state index is 0. The summed E-state index contributed by atoms with van der Waals surface area (Å²) < 4.78 is 29.0. The molecule has 2 rings (SSSR count). The fourth-order valence-corrected chi connectivity index (χ4v) is 2.60. The van der Waals surface area contributed by atoms with Gasteiger partial charge in [-0.1, -0.05) is 18.6 Å². The Hall–Kier alpha value is -1.93. The summed E-state index contributed by atoms with van der Waals surface area (Å²) in [4.78, 5) is 24.9. The number of nitrogens with zero attached hydrogens (tertiary/aromatic N) is 1. The number of anilines is 1. The molecule has 0 radical (unpaired) electrons. The van der Waals surface area contributed by atoms with Crippen molar-refractivity contribution >= 4 is 30.0 Å². The minimum Gasteiger partial charge on any atom is -0.480 e. The lowest BCUT2D eigenvalue weighted by Crippen LogP contribution is -2.47. The largest absolute Gasteiger partial charge is 0.480 e. The number of halogens is 3. The molecule has 6 nitrogen and oxygen atoms in total. The van der Waals surface area contributed by atoms with Crippen molar-refractivity contribution in [3.8, 4) is 5.75 Å². The van der Waals surface area contributed by atoms with Gasteiger partial charge in [0.25, 0.3) is 0 Å². The SMILES string of the molecule is Cl.O=C(CN1CCCCC1C(=O)O)Nc1ccccc1OC(F)F. The highest BCUT2D eigenvalue weighted by Crippen LogP contribution is 2.25. The second kappa shape index (κ2) is 9.39. The molecule has 0 aromatic heterocycles. The lowest BCUT2D eigenvalue weighted by Gasteiger charge is -2.32. The van der Waals surface area contributed by atoms with Crippen LogP contribution in [0.5, 0.6) is 5.75 Å². The number of aliphatic carboxylic acids is 1. The molecule has 1 aromatic rings. The molecular formula is C15H19ClF2N2O4. The van der Waals surface area contributed by atoms with Crippen molar-refractivity contribution in [2.75, 3.05) is 18.4 Å². The first-order chi connectivity index (χ1) is 11.0. The van der Waals surface area contributed by atoms with Crippen LogP contribution in [0.1, 0.15) is 19.3 Å². The molecule has 1 aromatic carbocycles. The number of nitrogens with one attached hydrogen (secondary N) is 1. The molecule has 1 atom stereocenters. The second-order valence-electron chi connectivity index (χ2n) is 5.24. The number of para-hydroxylation sites is 2. The third-order valence-corrected chi connectivity index (χ3v) is 3.62. The van der Waals surface area contributed by atoms with Crippen LogP contribution in [0.3, 0.4) is 0 Å². The average Bonchev–Trinajstić information content (AvgIpc) is 2.49. The summed E-state index contributed by atoms with van der Waals surface area (Å²) in [5.74, 6) is -1.56. The third-order valence-electron chi connectivity index (χ3n) is 3.62. The Kier molecular flexibility index (Phi) is 7.87. The number of likely N-dealkylation sites (tertiary alicyclic amines) is 1. The normalized spacial score (nSPS) is 17.9. The maximum Gasteiger partial charge on any atom is 0.387 e. The summed E-state index contributed by atoms with van der Waals surface area (Å²) in [6.45, 7) is -2.59. The number of carboxylic acid groups (broad SMARTS) is 1. The monoisotopic (exact) mass is 364 g/mol. The Morgan fingerprint density at radius 2 is 2.04 bits per heavy atom. The lowest BCUT2D eigenvalue weighted by atomic mass is 10.0. The number of benzene rings is 1. The molecule has 1 unspecified atom stereocenters. The number of carboxylic acids is 1. The Morgan fingerprint density at radius 1 is 1.33 bits per heavy atom. The molecule has 134 valence electrons. The molecular weight excluding hydrogens is 346 g/mol. The first-order valence-corrected chi connectivity index (χ1v) is 7.28.